The molecule has 144 valence electrons. The molecule has 0 unspecified atom stereocenters. The molecule has 1 N–H and O–H groups in total. The van der Waals surface area contributed by atoms with Crippen molar-refractivity contribution in [1.82, 2.24) is 10.4 Å². The van der Waals surface area contributed by atoms with Crippen LogP contribution in [0.4, 0.5) is 13.2 Å². The van der Waals surface area contributed by atoms with Crippen LogP contribution in [0.5, 0.6) is 0 Å². The highest BCUT2D eigenvalue weighted by molar-refractivity contribution is 6.03. The number of amides is 1. The molecule has 2 aromatic rings. The number of allylic oxidation sites excluding steroid dienone is 1. The Kier molecular flexibility index (Phi) is 4.66. The fraction of sp³-hybridized carbons (Fsp3) is 0.238. The Morgan fingerprint density at radius 1 is 1.11 bits per heavy atom. The molecule has 4 rings (SSSR count). The van der Waals surface area contributed by atoms with Gasteiger partial charge in [0.2, 0.25) is 0 Å². The molecule has 0 saturated carbocycles. The van der Waals surface area contributed by atoms with E-state index in [0.717, 1.165) is 18.4 Å². The lowest BCUT2D eigenvalue weighted by atomic mass is 10.0. The standard InChI is InChI=1S/C21H18F3N3O/c22-21(23,24)13-27-19(28)12-25-20(26-27)17-6-3-4-14(11-17)10-16-9-8-15-5-1-2-7-18(15)16/h1-7,10-11H,8-9,12-13H2,(H,25,26)/b16-10-. The van der Waals surface area contributed by atoms with Crippen molar-refractivity contribution < 1.29 is 18.0 Å². The summed E-state index contributed by atoms with van der Waals surface area (Å²) < 4.78 is 38.0. The van der Waals surface area contributed by atoms with Crippen LogP contribution in [0.3, 0.4) is 0 Å². The highest BCUT2D eigenvalue weighted by Crippen LogP contribution is 2.33. The molecular weight excluding hydrogens is 367 g/mol. The van der Waals surface area contributed by atoms with Gasteiger partial charge in [-0.05, 0) is 41.2 Å². The van der Waals surface area contributed by atoms with E-state index in [0.29, 0.717) is 10.6 Å². The quantitative estimate of drug-likeness (QED) is 0.873. The number of hydrogen-bond acceptors (Lipinski definition) is 3. The van der Waals surface area contributed by atoms with Crippen molar-refractivity contribution in [2.45, 2.75) is 19.0 Å². The number of amidine groups is 1. The van der Waals surface area contributed by atoms with Crippen LogP contribution in [-0.4, -0.2) is 36.0 Å². The Morgan fingerprint density at radius 3 is 2.75 bits per heavy atom. The highest BCUT2D eigenvalue weighted by Gasteiger charge is 2.35. The molecule has 7 heteroatoms. The third-order valence-electron chi connectivity index (χ3n) is 4.78. The largest absolute Gasteiger partial charge is 0.408 e. The first kappa shape index (κ1) is 18.3. The molecule has 0 spiro atoms. The molecule has 0 atom stereocenters. The number of hydrogen-bond donors (Lipinski definition) is 1. The van der Waals surface area contributed by atoms with E-state index in [1.807, 2.05) is 30.3 Å². The molecule has 2 aromatic carbocycles. The minimum atomic E-state index is -4.48. The number of halogens is 3. The van der Waals surface area contributed by atoms with Crippen LogP contribution in [0.1, 0.15) is 28.7 Å². The summed E-state index contributed by atoms with van der Waals surface area (Å²) in [5, 5.41) is 0.570. The van der Waals surface area contributed by atoms with Gasteiger partial charge in [-0.3, -0.25) is 15.2 Å². The summed E-state index contributed by atoms with van der Waals surface area (Å²) in [5.41, 5.74) is 7.88. The van der Waals surface area contributed by atoms with Crippen molar-refractivity contribution in [1.29, 1.82) is 0 Å². The van der Waals surface area contributed by atoms with E-state index >= 15 is 0 Å². The van der Waals surface area contributed by atoms with Crippen LogP contribution >= 0.6 is 0 Å². The third-order valence-corrected chi connectivity index (χ3v) is 4.78. The van der Waals surface area contributed by atoms with Gasteiger partial charge in [0.05, 0.1) is 0 Å². The number of hydrazine groups is 1. The van der Waals surface area contributed by atoms with Gasteiger partial charge in [-0.15, -0.1) is 0 Å². The second-order valence-electron chi connectivity index (χ2n) is 6.82. The van der Waals surface area contributed by atoms with Gasteiger partial charge < -0.3 is 0 Å². The van der Waals surface area contributed by atoms with Gasteiger partial charge in [0.1, 0.15) is 18.9 Å². The molecule has 4 nitrogen and oxygen atoms in total. The number of nitrogens with one attached hydrogen (secondary N) is 1. The Bertz CT molecular complexity index is 979. The van der Waals surface area contributed by atoms with Crippen LogP contribution in [0, 0.1) is 0 Å². The lowest BCUT2D eigenvalue weighted by Crippen LogP contribution is -2.54. The zero-order valence-corrected chi connectivity index (χ0v) is 15.0. The second-order valence-corrected chi connectivity index (χ2v) is 6.82. The van der Waals surface area contributed by atoms with Crippen molar-refractivity contribution in [2.24, 2.45) is 4.99 Å². The van der Waals surface area contributed by atoms with Crippen LogP contribution in [0.25, 0.3) is 11.6 Å². The first-order chi connectivity index (χ1) is 13.4. The Balaban J connectivity index is 1.58. The van der Waals surface area contributed by atoms with Crippen molar-refractivity contribution in [3.8, 4) is 0 Å². The number of benzene rings is 2. The Hall–Kier alpha value is -3.09. The van der Waals surface area contributed by atoms with Crippen LogP contribution in [0.15, 0.2) is 53.5 Å². The van der Waals surface area contributed by atoms with E-state index in [-0.39, 0.29) is 12.4 Å². The van der Waals surface area contributed by atoms with Gasteiger partial charge in [0, 0.05) is 5.56 Å². The second kappa shape index (κ2) is 7.14. The zero-order chi connectivity index (χ0) is 19.7. The summed E-state index contributed by atoms with van der Waals surface area (Å²) in [6.45, 7) is -1.66. The van der Waals surface area contributed by atoms with Gasteiger partial charge >= 0.3 is 6.18 Å². The van der Waals surface area contributed by atoms with Gasteiger partial charge in [0.25, 0.3) is 5.91 Å². The predicted molar refractivity (Wildman–Crippen MR) is 101 cm³/mol. The number of aryl methyl sites for hydroxylation is 1. The maximum Gasteiger partial charge on any atom is 0.408 e. The molecule has 1 aliphatic carbocycles. The van der Waals surface area contributed by atoms with Gasteiger partial charge in [-0.2, -0.15) is 13.2 Å². The number of fused-ring (bicyclic) bond motifs is 1. The number of carbonyl (C=O) groups is 1. The molecule has 1 amide bonds. The van der Waals surface area contributed by atoms with Crippen LogP contribution in [-0.2, 0) is 11.2 Å². The van der Waals surface area contributed by atoms with Crippen molar-refractivity contribution in [3.63, 3.8) is 0 Å². The van der Waals surface area contributed by atoms with Gasteiger partial charge in [-0.1, -0.05) is 48.5 Å². The summed E-state index contributed by atoms with van der Waals surface area (Å²) in [6, 6.07) is 15.7. The van der Waals surface area contributed by atoms with E-state index in [1.165, 1.54) is 16.7 Å². The number of nitrogens with zero attached hydrogens (tertiary/aromatic N) is 2. The van der Waals surface area contributed by atoms with Crippen LogP contribution in [0.2, 0.25) is 0 Å². The number of carbonyl (C=O) groups excluding carboxylic acids is 1. The predicted octanol–water partition coefficient (Wildman–Crippen LogP) is 3.83. The van der Waals surface area contributed by atoms with E-state index in [2.05, 4.69) is 28.6 Å². The Labute approximate surface area is 160 Å². The molecule has 2 aliphatic rings. The maximum atomic E-state index is 12.7. The molecule has 0 aromatic heterocycles. The number of aliphatic imine (C=N–C) groups is 1. The first-order valence-corrected chi connectivity index (χ1v) is 8.96. The molecule has 28 heavy (non-hydrogen) atoms. The minimum Gasteiger partial charge on any atom is -0.279 e. The van der Waals surface area contributed by atoms with Gasteiger partial charge in [-0.25, -0.2) is 5.01 Å². The monoisotopic (exact) mass is 385 g/mol. The van der Waals surface area contributed by atoms with E-state index in [4.69, 9.17) is 0 Å². The average molecular weight is 385 g/mol. The maximum absolute atomic E-state index is 12.7. The van der Waals surface area contributed by atoms with E-state index < -0.39 is 18.6 Å². The number of rotatable bonds is 3. The average Bonchev–Trinajstić information content (AvgIpc) is 3.06. The molecule has 1 aliphatic heterocycles. The molecule has 0 bridgehead atoms. The highest BCUT2D eigenvalue weighted by atomic mass is 19.4. The zero-order valence-electron chi connectivity index (χ0n) is 15.0. The lowest BCUT2D eigenvalue weighted by Gasteiger charge is -2.29. The summed E-state index contributed by atoms with van der Waals surface area (Å²) in [4.78, 5) is 15.8. The normalized spacial score (nSPS) is 18.1. The summed E-state index contributed by atoms with van der Waals surface area (Å²) in [6.07, 6.45) is -0.425. The summed E-state index contributed by atoms with van der Waals surface area (Å²) in [7, 11) is 0. The third kappa shape index (κ3) is 3.93. The molecule has 0 fully saturated rings. The number of alkyl halides is 3. The molecular formula is C21H18F3N3O. The molecule has 0 saturated heterocycles. The molecule has 0 radical (unpaired) electrons. The van der Waals surface area contributed by atoms with E-state index in [9.17, 15) is 18.0 Å². The van der Waals surface area contributed by atoms with Crippen molar-refractivity contribution in [2.75, 3.05) is 13.1 Å². The van der Waals surface area contributed by atoms with Crippen molar-refractivity contribution in [3.05, 3.63) is 70.8 Å². The minimum absolute atomic E-state index is 0.260. The van der Waals surface area contributed by atoms with Gasteiger partial charge in [0.15, 0.2) is 0 Å². The summed E-state index contributed by atoms with van der Waals surface area (Å²) >= 11 is 0. The Morgan fingerprint density at radius 2 is 1.93 bits per heavy atom. The van der Waals surface area contributed by atoms with Crippen molar-refractivity contribution >= 4 is 23.4 Å². The van der Waals surface area contributed by atoms with E-state index in [1.54, 1.807) is 6.07 Å². The fourth-order valence-corrected chi connectivity index (χ4v) is 3.50. The lowest BCUT2D eigenvalue weighted by molar-refractivity contribution is -0.164. The smallest absolute Gasteiger partial charge is 0.279 e. The summed E-state index contributed by atoms with van der Waals surface area (Å²) in [5.74, 6) is -0.446. The first-order valence-electron chi connectivity index (χ1n) is 8.96. The SMILES string of the molecule is O=C1CN=C(c2cccc(/C=C3/CCc4ccccc43)c2)NN1CC(F)(F)F. The molecule has 1 heterocycles. The fourth-order valence-electron chi connectivity index (χ4n) is 3.50. The van der Waals surface area contributed by atoms with Crippen LogP contribution < -0.4 is 5.43 Å². The topological polar surface area (TPSA) is 44.7 Å².